The van der Waals surface area contributed by atoms with Gasteiger partial charge in [0.25, 0.3) is 0 Å². The molecule has 0 aliphatic carbocycles. The van der Waals surface area contributed by atoms with E-state index >= 15 is 0 Å². The normalized spacial score (nSPS) is 13.9. The van der Waals surface area contributed by atoms with Crippen molar-refractivity contribution in [2.24, 2.45) is 0 Å². The monoisotopic (exact) mass is 305 g/mol. The number of hydrogen-bond donors (Lipinski definition) is 1. The van der Waals surface area contributed by atoms with Gasteiger partial charge in [-0.15, -0.1) is 0 Å². The van der Waals surface area contributed by atoms with E-state index in [1.807, 2.05) is 37.2 Å². The molecule has 0 spiro atoms. The van der Waals surface area contributed by atoms with Gasteiger partial charge in [-0.2, -0.15) is 0 Å². The Kier molecular flexibility index (Phi) is 3.65. The molecule has 0 aliphatic rings. The van der Waals surface area contributed by atoms with Gasteiger partial charge < -0.3 is 0 Å². The van der Waals surface area contributed by atoms with Gasteiger partial charge in [0.2, 0.25) is 0 Å². The van der Waals surface area contributed by atoms with E-state index in [2.05, 4.69) is 0 Å². The van der Waals surface area contributed by atoms with Crippen LogP contribution in [-0.2, 0) is 3.74 Å². The van der Waals surface area contributed by atoms with E-state index in [1.54, 1.807) is 36.4 Å². The average Bonchev–Trinajstić information content (AvgIpc) is 2.40. The second-order valence-corrected chi connectivity index (χ2v) is 8.91. The van der Waals surface area contributed by atoms with Crippen LogP contribution in [0.3, 0.4) is 0 Å². The number of benzene rings is 2. The molecule has 0 fully saturated rings. The Morgan fingerprint density at radius 1 is 0.889 bits per heavy atom. The minimum atomic E-state index is -4.16. The molecule has 0 aromatic heterocycles. The predicted molar refractivity (Wildman–Crippen MR) is 75.1 cm³/mol. The summed E-state index contributed by atoms with van der Waals surface area (Å²) in [6.07, 6.45) is 0. The number of rotatable bonds is 3. The topological polar surface area (TPSA) is 40.5 Å². The summed E-state index contributed by atoms with van der Waals surface area (Å²) in [7, 11) is 3.88. The van der Waals surface area contributed by atoms with Crippen molar-refractivity contribution < 1.29 is 7.84 Å². The van der Waals surface area contributed by atoms with E-state index in [-0.39, 0.29) is 0 Å². The first-order valence-electron chi connectivity index (χ1n) is 5.68. The quantitative estimate of drug-likeness (QED) is 0.850. The SMILES string of the molecule is CN(C)c1ccc([As](=O)(O)c2ccccc2)cc1. The van der Waals surface area contributed by atoms with Gasteiger partial charge in [-0.05, 0) is 0 Å². The molecule has 0 bridgehead atoms. The van der Waals surface area contributed by atoms with Crippen molar-refractivity contribution in [3.8, 4) is 0 Å². The molecule has 2 aromatic rings. The summed E-state index contributed by atoms with van der Waals surface area (Å²) in [6, 6.07) is 16.0. The second kappa shape index (κ2) is 5.05. The standard InChI is InChI=1S/C14H16AsNO2/c1-16(2)14-10-8-13(9-11-14)15(17,18)12-6-4-3-5-7-12/h3-11H,1-2H3,(H,17,18). The fraction of sp³-hybridized carbons (Fsp3) is 0.143. The second-order valence-electron chi connectivity index (χ2n) is 4.32. The Morgan fingerprint density at radius 3 is 1.89 bits per heavy atom. The first kappa shape index (κ1) is 13.0. The van der Waals surface area contributed by atoms with Crippen LogP contribution >= 0.6 is 0 Å². The molecule has 0 amide bonds. The summed E-state index contributed by atoms with van der Waals surface area (Å²) in [5.41, 5.74) is 1.02. The van der Waals surface area contributed by atoms with Gasteiger partial charge in [-0.1, -0.05) is 0 Å². The molecule has 1 N–H and O–H groups in total. The van der Waals surface area contributed by atoms with Crippen molar-refractivity contribution in [2.45, 2.75) is 0 Å². The summed E-state index contributed by atoms with van der Waals surface area (Å²) in [5, 5.41) is 0. The van der Waals surface area contributed by atoms with Crippen molar-refractivity contribution in [2.75, 3.05) is 19.0 Å². The average molecular weight is 305 g/mol. The van der Waals surface area contributed by atoms with E-state index in [9.17, 15) is 7.84 Å². The third-order valence-corrected chi connectivity index (χ3v) is 7.01. The van der Waals surface area contributed by atoms with E-state index in [0.717, 1.165) is 5.69 Å². The molecule has 4 heteroatoms. The maximum absolute atomic E-state index is 12.5. The van der Waals surface area contributed by atoms with Crippen molar-refractivity contribution in [3.05, 3.63) is 54.6 Å². The molecule has 1 atom stereocenters. The van der Waals surface area contributed by atoms with Gasteiger partial charge in [0.1, 0.15) is 0 Å². The third kappa shape index (κ3) is 2.52. The van der Waals surface area contributed by atoms with Crippen LogP contribution in [0.2, 0.25) is 0 Å². The van der Waals surface area contributed by atoms with Crippen LogP contribution in [-0.4, -0.2) is 32.0 Å². The van der Waals surface area contributed by atoms with Gasteiger partial charge in [-0.25, -0.2) is 0 Å². The first-order valence-corrected chi connectivity index (χ1v) is 9.16. The van der Waals surface area contributed by atoms with Crippen LogP contribution in [0.1, 0.15) is 0 Å². The zero-order valence-electron chi connectivity index (χ0n) is 10.4. The van der Waals surface area contributed by atoms with Crippen LogP contribution in [0.4, 0.5) is 5.69 Å². The molecule has 0 heterocycles. The van der Waals surface area contributed by atoms with Gasteiger partial charge in [-0.3, -0.25) is 0 Å². The van der Waals surface area contributed by atoms with E-state index in [4.69, 9.17) is 0 Å². The summed E-state index contributed by atoms with van der Waals surface area (Å²) in [4.78, 5) is 1.96. The van der Waals surface area contributed by atoms with Crippen LogP contribution in [0.25, 0.3) is 0 Å². The fourth-order valence-corrected chi connectivity index (χ4v) is 4.73. The van der Waals surface area contributed by atoms with Crippen molar-refractivity contribution in [3.63, 3.8) is 0 Å². The molecular weight excluding hydrogens is 289 g/mol. The molecule has 0 radical (unpaired) electrons. The maximum atomic E-state index is 12.5. The molecule has 1 unspecified atom stereocenters. The van der Waals surface area contributed by atoms with Gasteiger partial charge in [0.15, 0.2) is 0 Å². The molecular formula is C14H16AsNO2. The molecule has 0 saturated carbocycles. The van der Waals surface area contributed by atoms with Gasteiger partial charge in [0.05, 0.1) is 0 Å². The van der Waals surface area contributed by atoms with Crippen molar-refractivity contribution >= 4 is 28.2 Å². The first-order chi connectivity index (χ1) is 8.51. The molecule has 0 saturated heterocycles. The molecule has 3 nitrogen and oxygen atoms in total. The number of anilines is 1. The predicted octanol–water partition coefficient (Wildman–Crippen LogP) is 0.732. The van der Waals surface area contributed by atoms with Crippen LogP contribution < -0.4 is 13.6 Å². The van der Waals surface area contributed by atoms with E-state index < -0.39 is 13.8 Å². The zero-order valence-corrected chi connectivity index (χ0v) is 12.3. The molecule has 2 rings (SSSR count). The fourth-order valence-electron chi connectivity index (χ4n) is 1.73. The molecule has 0 aliphatic heterocycles. The summed E-state index contributed by atoms with van der Waals surface area (Å²) < 4.78 is 23.8. The summed E-state index contributed by atoms with van der Waals surface area (Å²) >= 11 is -4.16. The van der Waals surface area contributed by atoms with Crippen LogP contribution in [0.5, 0.6) is 0 Å². The van der Waals surface area contributed by atoms with Crippen molar-refractivity contribution in [1.29, 1.82) is 0 Å². The van der Waals surface area contributed by atoms with Gasteiger partial charge in [0, 0.05) is 0 Å². The summed E-state index contributed by atoms with van der Waals surface area (Å²) in [5.74, 6) is 0. The Morgan fingerprint density at radius 2 is 1.39 bits per heavy atom. The van der Waals surface area contributed by atoms with E-state index in [1.165, 1.54) is 0 Å². The van der Waals surface area contributed by atoms with Crippen LogP contribution in [0, 0.1) is 0 Å². The van der Waals surface area contributed by atoms with Crippen LogP contribution in [0.15, 0.2) is 54.6 Å². The summed E-state index contributed by atoms with van der Waals surface area (Å²) in [6.45, 7) is 0. The zero-order chi connectivity index (χ0) is 13.2. The van der Waals surface area contributed by atoms with E-state index in [0.29, 0.717) is 8.70 Å². The Bertz CT molecular complexity index is 564. The number of hydrogen-bond acceptors (Lipinski definition) is 2. The minimum absolute atomic E-state index is 0.518. The Balaban J connectivity index is 2.39. The van der Waals surface area contributed by atoms with Gasteiger partial charge >= 0.3 is 110 Å². The third-order valence-electron chi connectivity index (χ3n) is 2.82. The Hall–Kier alpha value is -1.44. The molecule has 18 heavy (non-hydrogen) atoms. The Labute approximate surface area is 110 Å². The molecule has 94 valence electrons. The molecule has 2 aromatic carbocycles. The van der Waals surface area contributed by atoms with Crippen molar-refractivity contribution in [1.82, 2.24) is 0 Å². The number of nitrogens with zero attached hydrogens (tertiary/aromatic N) is 1.